The fourth-order valence-electron chi connectivity index (χ4n) is 1.72. The van der Waals surface area contributed by atoms with Gasteiger partial charge in [-0.2, -0.15) is 5.10 Å². The van der Waals surface area contributed by atoms with Crippen molar-refractivity contribution < 1.29 is 14.4 Å². The minimum Gasteiger partial charge on any atom is -0.356 e. The molecule has 1 aromatic rings. The van der Waals surface area contributed by atoms with Gasteiger partial charge >= 0.3 is 11.8 Å². The van der Waals surface area contributed by atoms with Gasteiger partial charge < -0.3 is 10.6 Å². The molecule has 3 amide bonds. The molecule has 0 aromatic heterocycles. The van der Waals surface area contributed by atoms with Crippen molar-refractivity contribution in [2.24, 2.45) is 5.10 Å². The number of benzene rings is 1. The molecule has 8 heteroatoms. The van der Waals surface area contributed by atoms with Crippen LogP contribution in [0.15, 0.2) is 23.3 Å². The van der Waals surface area contributed by atoms with Gasteiger partial charge in [-0.3, -0.25) is 14.4 Å². The lowest BCUT2D eigenvalue weighted by atomic mass is 10.2. The summed E-state index contributed by atoms with van der Waals surface area (Å²) >= 11 is 5.95. The van der Waals surface area contributed by atoms with Crippen LogP contribution in [-0.4, -0.2) is 30.0 Å². The van der Waals surface area contributed by atoms with Gasteiger partial charge in [-0.05, 0) is 38.0 Å². The van der Waals surface area contributed by atoms with Crippen LogP contribution in [-0.2, 0) is 14.4 Å². The highest BCUT2D eigenvalue weighted by Gasteiger charge is 2.15. The molecular formula is C16H21ClN4O3. The van der Waals surface area contributed by atoms with Crippen molar-refractivity contribution in [2.75, 3.05) is 11.9 Å². The molecule has 0 fully saturated rings. The molecule has 0 saturated carbocycles. The van der Waals surface area contributed by atoms with Crippen LogP contribution in [0, 0.1) is 6.92 Å². The van der Waals surface area contributed by atoms with Gasteiger partial charge in [0.15, 0.2) is 0 Å². The smallest absolute Gasteiger partial charge is 0.329 e. The number of halogens is 1. The fraction of sp³-hybridized carbons (Fsp3) is 0.375. The maximum Gasteiger partial charge on any atom is 0.329 e. The normalized spacial score (nSPS) is 10.9. The predicted molar refractivity (Wildman–Crippen MR) is 94.0 cm³/mol. The zero-order valence-electron chi connectivity index (χ0n) is 13.9. The molecular weight excluding hydrogens is 332 g/mol. The molecule has 0 radical (unpaired) electrons. The third-order valence-electron chi connectivity index (χ3n) is 3.06. The van der Waals surface area contributed by atoms with Gasteiger partial charge in [-0.1, -0.05) is 24.6 Å². The molecule has 0 spiro atoms. The lowest BCUT2D eigenvalue weighted by Crippen LogP contribution is -2.33. The average Bonchev–Trinajstić information content (AvgIpc) is 2.54. The van der Waals surface area contributed by atoms with Gasteiger partial charge in [0.25, 0.3) is 0 Å². The number of anilines is 1. The molecule has 0 aliphatic rings. The van der Waals surface area contributed by atoms with Crippen LogP contribution < -0.4 is 16.1 Å². The Balaban J connectivity index is 2.55. The summed E-state index contributed by atoms with van der Waals surface area (Å²) in [6.45, 7) is 5.85. The van der Waals surface area contributed by atoms with Crippen LogP contribution in [0.3, 0.4) is 0 Å². The van der Waals surface area contributed by atoms with Crippen molar-refractivity contribution in [3.05, 3.63) is 28.8 Å². The van der Waals surface area contributed by atoms with E-state index in [4.69, 9.17) is 11.6 Å². The first-order valence-electron chi connectivity index (χ1n) is 7.51. The average molecular weight is 353 g/mol. The van der Waals surface area contributed by atoms with E-state index in [9.17, 15) is 14.4 Å². The summed E-state index contributed by atoms with van der Waals surface area (Å²) in [5.74, 6) is -1.98. The van der Waals surface area contributed by atoms with Gasteiger partial charge in [0.1, 0.15) is 0 Å². The summed E-state index contributed by atoms with van der Waals surface area (Å²) in [5.41, 5.74) is 3.62. The molecule has 0 aliphatic heterocycles. The third-order valence-corrected chi connectivity index (χ3v) is 3.47. The van der Waals surface area contributed by atoms with E-state index in [2.05, 4.69) is 21.2 Å². The molecule has 7 nitrogen and oxygen atoms in total. The van der Waals surface area contributed by atoms with Gasteiger partial charge in [0, 0.05) is 23.0 Å². The lowest BCUT2D eigenvalue weighted by molar-refractivity contribution is -0.136. The second kappa shape index (κ2) is 9.67. The highest BCUT2D eigenvalue weighted by molar-refractivity contribution is 6.40. The van der Waals surface area contributed by atoms with Crippen molar-refractivity contribution in [1.29, 1.82) is 0 Å². The Bertz CT molecular complexity index is 659. The number of amides is 3. The largest absolute Gasteiger partial charge is 0.356 e. The van der Waals surface area contributed by atoms with Crippen LogP contribution >= 0.6 is 11.6 Å². The van der Waals surface area contributed by atoms with Crippen molar-refractivity contribution in [2.45, 2.75) is 33.6 Å². The Morgan fingerprint density at radius 3 is 2.58 bits per heavy atom. The van der Waals surface area contributed by atoms with Gasteiger partial charge in [-0.25, -0.2) is 5.43 Å². The highest BCUT2D eigenvalue weighted by atomic mass is 35.5. The first-order valence-corrected chi connectivity index (χ1v) is 7.89. The van der Waals surface area contributed by atoms with Gasteiger partial charge in [-0.15, -0.1) is 0 Å². The molecule has 0 saturated heterocycles. The number of carbonyl (C=O) groups is 3. The van der Waals surface area contributed by atoms with Gasteiger partial charge in [0.05, 0.1) is 6.42 Å². The fourth-order valence-corrected chi connectivity index (χ4v) is 1.89. The third kappa shape index (κ3) is 6.37. The second-order valence-corrected chi connectivity index (χ2v) is 5.59. The van der Waals surface area contributed by atoms with Crippen molar-refractivity contribution in [3.63, 3.8) is 0 Å². The quantitative estimate of drug-likeness (QED) is 0.414. The number of hydrogen-bond acceptors (Lipinski definition) is 4. The van der Waals surface area contributed by atoms with Crippen LogP contribution in [0.4, 0.5) is 5.69 Å². The van der Waals surface area contributed by atoms with Crippen molar-refractivity contribution in [1.82, 2.24) is 10.7 Å². The second-order valence-electron chi connectivity index (χ2n) is 5.18. The molecule has 0 bridgehead atoms. The van der Waals surface area contributed by atoms with Crippen LogP contribution in [0.1, 0.15) is 32.3 Å². The molecule has 3 N–H and O–H groups in total. The van der Waals surface area contributed by atoms with E-state index in [1.807, 2.05) is 6.92 Å². The lowest BCUT2D eigenvalue weighted by Gasteiger charge is -2.08. The van der Waals surface area contributed by atoms with Gasteiger partial charge in [0.2, 0.25) is 5.91 Å². The molecule has 130 valence electrons. The number of hydrazone groups is 1. The van der Waals surface area contributed by atoms with E-state index in [1.165, 1.54) is 0 Å². The molecule has 0 unspecified atom stereocenters. The number of nitrogens with zero attached hydrogens (tertiary/aromatic N) is 1. The van der Waals surface area contributed by atoms with E-state index in [1.54, 1.807) is 32.0 Å². The summed E-state index contributed by atoms with van der Waals surface area (Å²) in [4.78, 5) is 35.1. The summed E-state index contributed by atoms with van der Waals surface area (Å²) < 4.78 is 0. The zero-order valence-corrected chi connectivity index (χ0v) is 14.7. The van der Waals surface area contributed by atoms with E-state index in [-0.39, 0.29) is 12.3 Å². The molecule has 1 aromatic carbocycles. The Morgan fingerprint density at radius 1 is 1.21 bits per heavy atom. The molecule has 0 aliphatic carbocycles. The maximum absolute atomic E-state index is 11.8. The Labute approximate surface area is 145 Å². The number of carbonyl (C=O) groups excluding carboxylic acids is 3. The first kappa shape index (κ1) is 19.6. The van der Waals surface area contributed by atoms with E-state index in [0.717, 1.165) is 6.42 Å². The van der Waals surface area contributed by atoms with E-state index in [0.29, 0.717) is 28.5 Å². The number of hydrogen-bond donors (Lipinski definition) is 3. The van der Waals surface area contributed by atoms with Crippen LogP contribution in [0.2, 0.25) is 5.02 Å². The summed E-state index contributed by atoms with van der Waals surface area (Å²) in [6.07, 6.45) is 0.886. The topological polar surface area (TPSA) is 99.7 Å². The first-order chi connectivity index (χ1) is 11.3. The number of nitrogens with one attached hydrogen (secondary N) is 3. The Morgan fingerprint density at radius 2 is 1.92 bits per heavy atom. The SMILES string of the molecule is CCCNC(=O)C/C(C)=N/NC(=O)C(=O)Nc1cccc(Cl)c1C. The summed E-state index contributed by atoms with van der Waals surface area (Å²) in [6, 6.07) is 4.99. The van der Waals surface area contributed by atoms with Crippen molar-refractivity contribution >= 4 is 40.7 Å². The standard InChI is InChI=1S/C16H21ClN4O3/c1-4-8-18-14(22)9-10(2)20-21-16(24)15(23)19-13-7-5-6-12(17)11(13)3/h5-7H,4,8-9H2,1-3H3,(H,18,22)(H,19,23)(H,21,24)/b20-10+. The molecule has 0 atom stereocenters. The monoisotopic (exact) mass is 352 g/mol. The number of rotatable bonds is 6. The summed E-state index contributed by atoms with van der Waals surface area (Å²) in [7, 11) is 0. The minimum atomic E-state index is -0.928. The maximum atomic E-state index is 11.8. The zero-order chi connectivity index (χ0) is 18.1. The molecule has 24 heavy (non-hydrogen) atoms. The van der Waals surface area contributed by atoms with E-state index < -0.39 is 11.8 Å². The molecule has 0 heterocycles. The highest BCUT2D eigenvalue weighted by Crippen LogP contribution is 2.22. The minimum absolute atomic E-state index is 0.0509. The van der Waals surface area contributed by atoms with Crippen LogP contribution in [0.5, 0.6) is 0 Å². The summed E-state index contributed by atoms with van der Waals surface area (Å²) in [5, 5.41) is 9.38. The molecule has 1 rings (SSSR count). The van der Waals surface area contributed by atoms with Crippen molar-refractivity contribution in [3.8, 4) is 0 Å². The van der Waals surface area contributed by atoms with Crippen LogP contribution in [0.25, 0.3) is 0 Å². The van der Waals surface area contributed by atoms with E-state index >= 15 is 0 Å². The predicted octanol–water partition coefficient (Wildman–Crippen LogP) is 2.00. The Kier molecular flexibility index (Phi) is 7.91. The Hall–Kier alpha value is -2.41.